The molecule has 1 unspecified atom stereocenters. The summed E-state index contributed by atoms with van der Waals surface area (Å²) in [5, 5.41) is 11.4. The molecule has 4 heteroatoms. The van der Waals surface area contributed by atoms with Crippen LogP contribution in [0.15, 0.2) is 0 Å². The van der Waals surface area contributed by atoms with Gasteiger partial charge >= 0.3 is 5.97 Å². The topological polar surface area (TPSA) is 58.6 Å². The highest BCUT2D eigenvalue weighted by Gasteiger charge is 2.11. The fourth-order valence-corrected chi connectivity index (χ4v) is 0.748. The molecule has 0 bridgehead atoms. The van der Waals surface area contributed by atoms with Crippen LogP contribution in [0.25, 0.3) is 0 Å². The molecule has 0 aromatic heterocycles. The van der Waals surface area contributed by atoms with E-state index in [1.165, 1.54) is 0 Å². The van der Waals surface area contributed by atoms with Crippen LogP contribution in [0.1, 0.15) is 20.3 Å². The Kier molecular flexibility index (Phi) is 6.70. The molecule has 1 atom stereocenters. The van der Waals surface area contributed by atoms with Gasteiger partial charge in [-0.05, 0) is 26.8 Å². The van der Waals surface area contributed by atoms with Gasteiger partial charge in [-0.3, -0.25) is 4.79 Å². The van der Waals surface area contributed by atoms with Crippen LogP contribution in [0, 0.1) is 0 Å². The predicted molar refractivity (Wildman–Crippen MR) is 45.8 cm³/mol. The summed E-state index contributed by atoms with van der Waals surface area (Å²) < 4.78 is 4.77. The molecule has 0 aromatic carbocycles. The molecule has 0 saturated carbocycles. The minimum absolute atomic E-state index is 0.141. The summed E-state index contributed by atoms with van der Waals surface area (Å²) in [6.07, 6.45) is 0.656. The second-order valence-electron chi connectivity index (χ2n) is 2.51. The Morgan fingerprint density at radius 1 is 1.67 bits per heavy atom. The number of carbonyl (C=O) groups is 1. The van der Waals surface area contributed by atoms with Crippen LogP contribution in [-0.2, 0) is 9.53 Å². The van der Waals surface area contributed by atoms with Gasteiger partial charge in [0.2, 0.25) is 0 Å². The number of aliphatic hydroxyl groups is 1. The number of nitrogens with one attached hydrogen (secondary N) is 1. The molecule has 0 aromatic rings. The second-order valence-corrected chi connectivity index (χ2v) is 2.51. The number of ether oxygens (including phenoxy) is 1. The van der Waals surface area contributed by atoms with Crippen molar-refractivity contribution in [1.82, 2.24) is 5.32 Å². The Morgan fingerprint density at radius 2 is 2.33 bits per heavy atom. The molecule has 0 heterocycles. The van der Waals surface area contributed by atoms with Crippen molar-refractivity contribution in [3.63, 3.8) is 0 Å². The molecule has 0 aliphatic heterocycles. The number of hydrogen-bond acceptors (Lipinski definition) is 4. The third-order valence-corrected chi connectivity index (χ3v) is 1.43. The summed E-state index contributed by atoms with van der Waals surface area (Å²) in [5.74, 6) is -0.240. The lowest BCUT2D eigenvalue weighted by Crippen LogP contribution is -2.36. The summed E-state index contributed by atoms with van der Waals surface area (Å²) in [6.45, 7) is 4.71. The molecule has 0 aliphatic rings. The van der Waals surface area contributed by atoms with Crippen LogP contribution in [-0.4, -0.2) is 36.9 Å². The zero-order valence-corrected chi connectivity index (χ0v) is 7.67. The second kappa shape index (κ2) is 7.06. The fourth-order valence-electron chi connectivity index (χ4n) is 0.748. The third-order valence-electron chi connectivity index (χ3n) is 1.43. The molecule has 0 radical (unpaired) electrons. The van der Waals surface area contributed by atoms with E-state index >= 15 is 0 Å². The van der Waals surface area contributed by atoms with E-state index in [9.17, 15) is 4.79 Å². The molecule has 0 aliphatic carbocycles. The standard InChI is InChI=1S/C8H17NO3/c1-3-12-8(11)7(2)9-5-4-6-10/h7,9-10H,3-6H2,1-2H3. The van der Waals surface area contributed by atoms with Crippen molar-refractivity contribution in [2.75, 3.05) is 19.8 Å². The Morgan fingerprint density at radius 3 is 2.83 bits per heavy atom. The molecular formula is C8H17NO3. The average molecular weight is 175 g/mol. The van der Waals surface area contributed by atoms with E-state index in [0.29, 0.717) is 19.6 Å². The monoisotopic (exact) mass is 175 g/mol. The van der Waals surface area contributed by atoms with Gasteiger partial charge < -0.3 is 15.2 Å². The lowest BCUT2D eigenvalue weighted by atomic mass is 10.3. The third kappa shape index (κ3) is 5.09. The fraction of sp³-hybridized carbons (Fsp3) is 0.875. The van der Waals surface area contributed by atoms with Crippen LogP contribution in [0.2, 0.25) is 0 Å². The van der Waals surface area contributed by atoms with Gasteiger partial charge in [0, 0.05) is 6.61 Å². The van der Waals surface area contributed by atoms with Gasteiger partial charge in [-0.1, -0.05) is 0 Å². The van der Waals surface area contributed by atoms with Crippen molar-refractivity contribution in [3.05, 3.63) is 0 Å². The first-order chi connectivity index (χ1) is 5.72. The minimum Gasteiger partial charge on any atom is -0.465 e. The van der Waals surface area contributed by atoms with Crippen LogP contribution in [0.5, 0.6) is 0 Å². The van der Waals surface area contributed by atoms with Gasteiger partial charge in [0.25, 0.3) is 0 Å². The van der Waals surface area contributed by atoms with Gasteiger partial charge in [0.15, 0.2) is 0 Å². The van der Waals surface area contributed by atoms with Gasteiger partial charge in [0.05, 0.1) is 6.61 Å². The van der Waals surface area contributed by atoms with Crippen molar-refractivity contribution >= 4 is 5.97 Å². The molecule has 0 rings (SSSR count). The Balaban J connectivity index is 3.42. The van der Waals surface area contributed by atoms with Crippen molar-refractivity contribution in [1.29, 1.82) is 0 Å². The van der Waals surface area contributed by atoms with Crippen molar-refractivity contribution in [2.24, 2.45) is 0 Å². The lowest BCUT2D eigenvalue weighted by Gasteiger charge is -2.11. The van der Waals surface area contributed by atoms with Gasteiger partial charge in [-0.2, -0.15) is 0 Å². The summed E-state index contributed by atoms with van der Waals surface area (Å²) in [6, 6.07) is -0.281. The first kappa shape index (κ1) is 11.4. The minimum atomic E-state index is -0.281. The highest BCUT2D eigenvalue weighted by atomic mass is 16.5. The van der Waals surface area contributed by atoms with Crippen molar-refractivity contribution in [3.8, 4) is 0 Å². The summed E-state index contributed by atoms with van der Waals surface area (Å²) in [5.41, 5.74) is 0. The van der Waals surface area contributed by atoms with E-state index in [2.05, 4.69) is 5.32 Å². The lowest BCUT2D eigenvalue weighted by molar-refractivity contribution is -0.145. The molecule has 12 heavy (non-hydrogen) atoms. The molecule has 2 N–H and O–H groups in total. The molecule has 72 valence electrons. The maximum atomic E-state index is 11.0. The largest absolute Gasteiger partial charge is 0.465 e. The predicted octanol–water partition coefficient (Wildman–Crippen LogP) is -0.0900. The number of aliphatic hydroxyl groups excluding tert-OH is 1. The van der Waals surface area contributed by atoms with Crippen LogP contribution in [0.4, 0.5) is 0 Å². The Hall–Kier alpha value is -0.610. The number of hydrogen-bond donors (Lipinski definition) is 2. The van der Waals surface area contributed by atoms with Crippen LogP contribution < -0.4 is 5.32 Å². The normalized spacial score (nSPS) is 12.6. The smallest absolute Gasteiger partial charge is 0.322 e. The maximum absolute atomic E-state index is 11.0. The van der Waals surface area contributed by atoms with E-state index in [0.717, 1.165) is 0 Å². The van der Waals surface area contributed by atoms with Gasteiger partial charge in [0.1, 0.15) is 6.04 Å². The van der Waals surface area contributed by atoms with E-state index < -0.39 is 0 Å². The number of esters is 1. The van der Waals surface area contributed by atoms with Gasteiger partial charge in [-0.15, -0.1) is 0 Å². The summed E-state index contributed by atoms with van der Waals surface area (Å²) in [4.78, 5) is 11.0. The molecule has 0 amide bonds. The Labute approximate surface area is 72.9 Å². The summed E-state index contributed by atoms with van der Waals surface area (Å²) in [7, 11) is 0. The van der Waals surface area contributed by atoms with Crippen molar-refractivity contribution in [2.45, 2.75) is 26.3 Å². The molecular weight excluding hydrogens is 158 g/mol. The molecule has 0 spiro atoms. The van der Waals surface area contributed by atoms with E-state index in [1.807, 2.05) is 0 Å². The number of rotatable bonds is 6. The first-order valence-electron chi connectivity index (χ1n) is 4.23. The van der Waals surface area contributed by atoms with Gasteiger partial charge in [-0.25, -0.2) is 0 Å². The summed E-state index contributed by atoms with van der Waals surface area (Å²) >= 11 is 0. The first-order valence-corrected chi connectivity index (χ1v) is 4.23. The SMILES string of the molecule is CCOC(=O)C(C)NCCCO. The molecule has 0 fully saturated rings. The zero-order valence-electron chi connectivity index (χ0n) is 7.67. The maximum Gasteiger partial charge on any atom is 0.322 e. The quantitative estimate of drug-likeness (QED) is 0.437. The van der Waals surface area contributed by atoms with Crippen LogP contribution in [0.3, 0.4) is 0 Å². The van der Waals surface area contributed by atoms with E-state index in [4.69, 9.17) is 9.84 Å². The number of carbonyl (C=O) groups excluding carboxylic acids is 1. The highest BCUT2D eigenvalue weighted by Crippen LogP contribution is 1.87. The molecule has 0 saturated heterocycles. The Bertz CT molecular complexity index is 127. The van der Waals surface area contributed by atoms with E-state index in [-0.39, 0.29) is 18.6 Å². The van der Waals surface area contributed by atoms with Crippen molar-refractivity contribution < 1.29 is 14.6 Å². The van der Waals surface area contributed by atoms with Crippen LogP contribution >= 0.6 is 0 Å². The zero-order chi connectivity index (χ0) is 9.40. The molecule has 4 nitrogen and oxygen atoms in total. The highest BCUT2D eigenvalue weighted by molar-refractivity contribution is 5.75. The average Bonchev–Trinajstić information content (AvgIpc) is 2.05. The van der Waals surface area contributed by atoms with E-state index in [1.54, 1.807) is 13.8 Å².